The number of aromatic nitrogens is 2. The Kier molecular flexibility index (Phi) is 6.54. The van der Waals surface area contributed by atoms with Crippen LogP contribution in [0.15, 0.2) is 30.5 Å². The van der Waals surface area contributed by atoms with E-state index in [0.717, 1.165) is 37.0 Å². The van der Waals surface area contributed by atoms with Gasteiger partial charge in [-0.05, 0) is 37.0 Å². The van der Waals surface area contributed by atoms with Crippen molar-refractivity contribution in [1.82, 2.24) is 15.3 Å². The molecular formula is C23H26ClN4O5S+. The zero-order valence-corrected chi connectivity index (χ0v) is 20.0. The van der Waals surface area contributed by atoms with Gasteiger partial charge in [0.1, 0.15) is 30.5 Å². The van der Waals surface area contributed by atoms with Gasteiger partial charge in [-0.2, -0.15) is 0 Å². The van der Waals surface area contributed by atoms with Crippen LogP contribution in [0.5, 0.6) is 0 Å². The Morgan fingerprint density at radius 3 is 2.79 bits per heavy atom. The monoisotopic (exact) mass is 505 g/mol. The summed E-state index contributed by atoms with van der Waals surface area (Å²) >= 11 is 7.63. The predicted octanol–water partition coefficient (Wildman–Crippen LogP) is 2.12. The molecule has 9 nitrogen and oxygen atoms in total. The molecule has 0 aromatic carbocycles. The lowest BCUT2D eigenvalue weighted by atomic mass is 9.83. The first-order valence-electron chi connectivity index (χ1n) is 11.5. The molecule has 2 amide bonds. The molecule has 2 aromatic heterocycles. The van der Waals surface area contributed by atoms with Gasteiger partial charge < -0.3 is 15.0 Å². The van der Waals surface area contributed by atoms with Crippen molar-refractivity contribution in [3.8, 4) is 10.6 Å². The molecule has 5 rings (SSSR count). The normalized spacial score (nSPS) is 25.9. The molecule has 2 aliphatic heterocycles. The number of alkyl halides is 1. The highest BCUT2D eigenvalue weighted by molar-refractivity contribution is 7.17. The minimum absolute atomic E-state index is 0.00300. The second-order valence-electron chi connectivity index (χ2n) is 9.07. The van der Waals surface area contributed by atoms with E-state index in [0.29, 0.717) is 15.1 Å². The van der Waals surface area contributed by atoms with E-state index in [2.05, 4.69) is 10.4 Å². The third kappa shape index (κ3) is 4.42. The van der Waals surface area contributed by atoms with Crippen LogP contribution in [0.4, 0.5) is 0 Å². The maximum absolute atomic E-state index is 13.7. The van der Waals surface area contributed by atoms with Crippen molar-refractivity contribution in [3.05, 3.63) is 40.2 Å². The number of nitrogens with one attached hydrogen (secondary N) is 2. The molecule has 0 spiro atoms. The first-order chi connectivity index (χ1) is 16.4. The SMILES string of the molecule is O=C(N[C@H](C(=O)N1C[C@H](Cl)[C@H]2OCC(=O)[C@H]21)C1CCCCC1)c1ccc(-c2ccc[n+](=O)[nH]2)s1. The molecule has 2 aromatic rings. The highest BCUT2D eigenvalue weighted by Crippen LogP contribution is 2.34. The van der Waals surface area contributed by atoms with Gasteiger partial charge in [-0.1, -0.05) is 19.3 Å². The fraction of sp³-hybridized carbons (Fsp3) is 0.522. The molecule has 0 radical (unpaired) electrons. The van der Waals surface area contributed by atoms with Crippen LogP contribution in [0.2, 0.25) is 0 Å². The van der Waals surface area contributed by atoms with Crippen molar-refractivity contribution >= 4 is 40.5 Å². The van der Waals surface area contributed by atoms with Crippen molar-refractivity contribution in [2.45, 2.75) is 55.7 Å². The lowest BCUT2D eigenvalue weighted by Gasteiger charge is -2.34. The number of likely N-dealkylation sites (tertiary alicyclic amines) is 1. The van der Waals surface area contributed by atoms with Crippen LogP contribution in [0.1, 0.15) is 41.8 Å². The van der Waals surface area contributed by atoms with Crippen LogP contribution in [-0.4, -0.2) is 64.3 Å². The molecule has 180 valence electrons. The third-order valence-electron chi connectivity index (χ3n) is 6.89. The minimum Gasteiger partial charge on any atom is -0.366 e. The Morgan fingerprint density at radius 2 is 2.03 bits per heavy atom. The van der Waals surface area contributed by atoms with E-state index in [1.54, 1.807) is 24.3 Å². The third-order valence-corrected chi connectivity index (χ3v) is 8.39. The second-order valence-corrected chi connectivity index (χ2v) is 10.7. The Labute approximate surface area is 205 Å². The van der Waals surface area contributed by atoms with Crippen LogP contribution in [0.25, 0.3) is 10.6 Å². The highest BCUT2D eigenvalue weighted by atomic mass is 35.5. The molecular weight excluding hydrogens is 480 g/mol. The fourth-order valence-electron chi connectivity index (χ4n) is 5.22. The Hall–Kier alpha value is -2.56. The molecule has 34 heavy (non-hydrogen) atoms. The van der Waals surface area contributed by atoms with Crippen molar-refractivity contribution in [3.63, 3.8) is 0 Å². The van der Waals surface area contributed by atoms with Crippen molar-refractivity contribution in [1.29, 1.82) is 0 Å². The summed E-state index contributed by atoms with van der Waals surface area (Å²) < 4.78 is 6.11. The Balaban J connectivity index is 1.37. The van der Waals surface area contributed by atoms with Gasteiger partial charge in [0.05, 0.1) is 20.0 Å². The van der Waals surface area contributed by atoms with Crippen LogP contribution in [-0.2, 0) is 14.3 Å². The lowest BCUT2D eigenvalue weighted by Crippen LogP contribution is -2.55. The molecule has 4 heterocycles. The van der Waals surface area contributed by atoms with Crippen LogP contribution in [0, 0.1) is 10.8 Å². The maximum atomic E-state index is 13.7. The van der Waals surface area contributed by atoms with E-state index >= 15 is 0 Å². The number of fused-ring (bicyclic) bond motifs is 1. The molecule has 0 unspecified atom stereocenters. The van der Waals surface area contributed by atoms with E-state index in [9.17, 15) is 19.3 Å². The zero-order valence-electron chi connectivity index (χ0n) is 18.4. The molecule has 3 fully saturated rings. The van der Waals surface area contributed by atoms with E-state index in [1.165, 1.54) is 22.4 Å². The van der Waals surface area contributed by atoms with Gasteiger partial charge >= 0.3 is 0 Å². The minimum atomic E-state index is -0.735. The summed E-state index contributed by atoms with van der Waals surface area (Å²) in [5.41, 5.74) is 0.595. The molecule has 2 N–H and O–H groups in total. The number of hydrogen-bond donors (Lipinski definition) is 2. The number of aromatic amines is 1. The van der Waals surface area contributed by atoms with E-state index in [1.807, 2.05) is 0 Å². The summed E-state index contributed by atoms with van der Waals surface area (Å²) in [6.45, 7) is 0.184. The summed E-state index contributed by atoms with van der Waals surface area (Å²) in [6, 6.07) is 5.41. The average Bonchev–Trinajstić information content (AvgIpc) is 3.56. The number of halogens is 1. The highest BCUT2D eigenvalue weighted by Gasteiger charge is 2.53. The number of amides is 2. The number of ether oxygens (including phenoxy) is 1. The van der Waals surface area contributed by atoms with Gasteiger partial charge in [0.25, 0.3) is 12.1 Å². The number of rotatable bonds is 5. The number of carbonyl (C=O) groups is 3. The first kappa shape index (κ1) is 23.2. The maximum Gasteiger partial charge on any atom is 0.262 e. The Bertz CT molecular complexity index is 1160. The van der Waals surface area contributed by atoms with Gasteiger partial charge in [-0.3, -0.25) is 14.4 Å². The number of H-pyrrole nitrogens is 1. The topological polar surface area (TPSA) is 114 Å². The summed E-state index contributed by atoms with van der Waals surface area (Å²) in [6.07, 6.45) is 5.64. The molecule has 2 saturated heterocycles. The fourth-order valence-corrected chi connectivity index (χ4v) is 6.46. The summed E-state index contributed by atoms with van der Waals surface area (Å²) in [5.74, 6) is -0.763. The number of Topliss-reactive ketones (excluding diaryl/α,β-unsaturated/α-hetero) is 1. The predicted molar refractivity (Wildman–Crippen MR) is 125 cm³/mol. The number of carbonyl (C=O) groups excluding carboxylic acids is 3. The first-order valence-corrected chi connectivity index (χ1v) is 12.8. The van der Waals surface area contributed by atoms with Crippen LogP contribution in [0.3, 0.4) is 0 Å². The summed E-state index contributed by atoms with van der Waals surface area (Å²) in [5, 5.41) is 5.20. The molecule has 0 bridgehead atoms. The molecule has 11 heteroatoms. The molecule has 4 atom stereocenters. The van der Waals surface area contributed by atoms with Gasteiger partial charge in [0, 0.05) is 12.6 Å². The quantitative estimate of drug-likeness (QED) is 0.477. The number of thiophene rings is 1. The number of nitrogens with zero attached hydrogens (tertiary/aromatic N) is 2. The number of ketones is 1. The number of hydrogen-bond acceptors (Lipinski definition) is 6. The van der Waals surface area contributed by atoms with Crippen LogP contribution < -0.4 is 9.86 Å². The van der Waals surface area contributed by atoms with E-state index in [4.69, 9.17) is 16.3 Å². The smallest absolute Gasteiger partial charge is 0.262 e. The van der Waals surface area contributed by atoms with Crippen molar-refractivity contribution in [2.24, 2.45) is 5.92 Å². The van der Waals surface area contributed by atoms with E-state index < -0.39 is 23.6 Å². The Morgan fingerprint density at radius 1 is 1.24 bits per heavy atom. The van der Waals surface area contributed by atoms with Crippen LogP contribution >= 0.6 is 22.9 Å². The molecule has 3 aliphatic rings. The second kappa shape index (κ2) is 9.59. The van der Waals surface area contributed by atoms with Gasteiger partial charge in [-0.25, -0.2) is 0 Å². The zero-order chi connectivity index (χ0) is 23.8. The lowest BCUT2D eigenvalue weighted by molar-refractivity contribution is -0.563. The summed E-state index contributed by atoms with van der Waals surface area (Å²) in [4.78, 5) is 53.6. The largest absolute Gasteiger partial charge is 0.366 e. The molecule has 1 saturated carbocycles. The average molecular weight is 506 g/mol. The summed E-state index contributed by atoms with van der Waals surface area (Å²) in [7, 11) is 0. The van der Waals surface area contributed by atoms with Crippen molar-refractivity contribution < 1.29 is 23.7 Å². The molecule has 1 aliphatic carbocycles. The van der Waals surface area contributed by atoms with Gasteiger partial charge in [0.15, 0.2) is 10.3 Å². The van der Waals surface area contributed by atoms with E-state index in [-0.39, 0.29) is 36.7 Å². The standard InChI is InChI=1S/C23H25ClN4O5S/c24-14-11-27(20-16(29)12-33-21(14)20)23(31)19(13-5-2-1-3-6-13)25-22(30)18-9-8-17(34-18)15-7-4-10-28(32)26-15/h4,7-10,13-14,19-21H,1-3,5-6,11-12H2,(H-,25,26,30,32)/p+1/t14-,19-,20+,21+/m0/s1. The van der Waals surface area contributed by atoms with Gasteiger partial charge in [-0.15, -0.1) is 28.0 Å². The van der Waals surface area contributed by atoms with Gasteiger partial charge in [0.2, 0.25) is 5.91 Å². The van der Waals surface area contributed by atoms with Crippen molar-refractivity contribution in [2.75, 3.05) is 13.2 Å².